The van der Waals surface area contributed by atoms with E-state index in [0.29, 0.717) is 16.6 Å². The highest BCUT2D eigenvalue weighted by Gasteiger charge is 2.16. The van der Waals surface area contributed by atoms with Gasteiger partial charge in [0.2, 0.25) is 5.82 Å². The Morgan fingerprint density at radius 2 is 2.24 bits per heavy atom. The van der Waals surface area contributed by atoms with Crippen LogP contribution in [0.4, 0.5) is 0 Å². The number of nitrogens with zero attached hydrogens (tertiary/aromatic N) is 2. The lowest BCUT2D eigenvalue weighted by Crippen LogP contribution is -2.25. The minimum atomic E-state index is -0.434. The van der Waals surface area contributed by atoms with E-state index in [0.717, 1.165) is 12.0 Å². The number of allylic oxidation sites excluding steroid dienone is 4. The first kappa shape index (κ1) is 17.2. The minimum Gasteiger partial charge on any atom is -0.507 e. The van der Waals surface area contributed by atoms with Crippen molar-refractivity contribution in [3.63, 3.8) is 0 Å². The van der Waals surface area contributed by atoms with E-state index in [1.807, 2.05) is 18.2 Å². The zero-order chi connectivity index (χ0) is 17.8. The van der Waals surface area contributed by atoms with E-state index >= 15 is 0 Å². The molecule has 1 aromatic carbocycles. The van der Waals surface area contributed by atoms with Gasteiger partial charge in [0.05, 0.1) is 4.47 Å². The number of phenolic OH excluding ortho intramolecular Hbond substituents is 1. The number of rotatable bonds is 4. The number of nitrogens with one attached hydrogen (secondary N) is 1. The van der Waals surface area contributed by atoms with E-state index in [2.05, 4.69) is 44.4 Å². The van der Waals surface area contributed by atoms with Gasteiger partial charge >= 0.3 is 11.8 Å². The first-order valence-electron chi connectivity index (χ1n) is 7.66. The zero-order valence-electron chi connectivity index (χ0n) is 13.5. The van der Waals surface area contributed by atoms with E-state index in [-0.39, 0.29) is 17.5 Å². The Kier molecular flexibility index (Phi) is 5.14. The number of aromatic nitrogens is 2. The second-order valence-corrected chi connectivity index (χ2v) is 6.49. The van der Waals surface area contributed by atoms with Crippen molar-refractivity contribution in [3.05, 3.63) is 64.0 Å². The van der Waals surface area contributed by atoms with Gasteiger partial charge in [0, 0.05) is 12.1 Å². The highest BCUT2D eigenvalue weighted by atomic mass is 79.9. The van der Waals surface area contributed by atoms with Gasteiger partial charge in [0.15, 0.2) is 0 Å². The van der Waals surface area contributed by atoms with Crippen molar-refractivity contribution < 1.29 is 14.4 Å². The smallest absolute Gasteiger partial charge is 0.316 e. The standard InChI is InChI=1S/C18H16BrN3O3/c1-11-3-2-4-12(6-5-11)10-20-17(24)18-21-16(22-25-18)13-7-8-15(23)14(19)9-13/h2,4-9,23H,3,10H2,1H3,(H,20,24). The van der Waals surface area contributed by atoms with Crippen LogP contribution in [0, 0.1) is 0 Å². The molecule has 3 rings (SSSR count). The fourth-order valence-corrected chi connectivity index (χ4v) is 2.60. The average Bonchev–Trinajstić information content (AvgIpc) is 3.00. The molecule has 1 aliphatic rings. The van der Waals surface area contributed by atoms with Crippen molar-refractivity contribution in [1.29, 1.82) is 0 Å². The molecule has 1 aromatic heterocycles. The average molecular weight is 402 g/mol. The van der Waals surface area contributed by atoms with Gasteiger partial charge in [-0.15, -0.1) is 0 Å². The van der Waals surface area contributed by atoms with Crippen LogP contribution in [0.3, 0.4) is 0 Å². The summed E-state index contributed by atoms with van der Waals surface area (Å²) in [5.74, 6) is -0.155. The highest BCUT2D eigenvalue weighted by Crippen LogP contribution is 2.28. The molecule has 0 radical (unpaired) electrons. The summed E-state index contributed by atoms with van der Waals surface area (Å²) in [6, 6.07) is 4.80. The Hall–Kier alpha value is -2.67. The van der Waals surface area contributed by atoms with E-state index in [4.69, 9.17) is 4.52 Å². The minimum absolute atomic E-state index is 0.107. The first-order valence-corrected chi connectivity index (χ1v) is 8.46. The maximum atomic E-state index is 12.2. The van der Waals surface area contributed by atoms with Crippen molar-refractivity contribution >= 4 is 21.8 Å². The van der Waals surface area contributed by atoms with Gasteiger partial charge < -0.3 is 14.9 Å². The molecule has 0 bridgehead atoms. The molecule has 6 nitrogen and oxygen atoms in total. The third kappa shape index (κ3) is 4.24. The quantitative estimate of drug-likeness (QED) is 0.813. The van der Waals surface area contributed by atoms with Gasteiger partial charge in [-0.3, -0.25) is 4.79 Å². The molecule has 0 unspecified atom stereocenters. The summed E-state index contributed by atoms with van der Waals surface area (Å²) in [7, 11) is 0. The Morgan fingerprint density at radius 3 is 3.04 bits per heavy atom. The molecule has 1 aliphatic carbocycles. The van der Waals surface area contributed by atoms with Crippen LogP contribution in [0.5, 0.6) is 5.75 Å². The van der Waals surface area contributed by atoms with E-state index in [1.165, 1.54) is 11.6 Å². The number of hydrogen-bond acceptors (Lipinski definition) is 5. The summed E-state index contributed by atoms with van der Waals surface area (Å²) in [5.41, 5.74) is 2.88. The highest BCUT2D eigenvalue weighted by molar-refractivity contribution is 9.10. The van der Waals surface area contributed by atoms with Crippen molar-refractivity contribution in [3.8, 4) is 17.1 Å². The lowest BCUT2D eigenvalue weighted by Gasteiger charge is -2.02. The Morgan fingerprint density at radius 1 is 1.40 bits per heavy atom. The fourth-order valence-electron chi connectivity index (χ4n) is 2.22. The Bertz CT molecular complexity index is 897. The van der Waals surface area contributed by atoms with E-state index in [9.17, 15) is 9.90 Å². The molecule has 2 aromatic rings. The van der Waals surface area contributed by atoms with Crippen LogP contribution in [0.2, 0.25) is 0 Å². The number of aromatic hydroxyl groups is 1. The fraction of sp³-hybridized carbons (Fsp3) is 0.167. The molecule has 1 heterocycles. The molecule has 0 saturated heterocycles. The number of halogens is 1. The number of carbonyl (C=O) groups is 1. The predicted molar refractivity (Wildman–Crippen MR) is 97.0 cm³/mol. The molecule has 2 N–H and O–H groups in total. The predicted octanol–water partition coefficient (Wildman–Crippen LogP) is 3.77. The van der Waals surface area contributed by atoms with Crippen LogP contribution in [0.25, 0.3) is 11.4 Å². The molecule has 0 atom stereocenters. The Labute approximate surface area is 153 Å². The second kappa shape index (κ2) is 7.48. The number of phenols is 1. The maximum absolute atomic E-state index is 12.2. The van der Waals surface area contributed by atoms with Crippen molar-refractivity contribution in [2.24, 2.45) is 0 Å². The van der Waals surface area contributed by atoms with Crippen LogP contribution in [0.15, 0.2) is 62.6 Å². The molecule has 0 fully saturated rings. The van der Waals surface area contributed by atoms with Crippen LogP contribution in [0.1, 0.15) is 24.0 Å². The van der Waals surface area contributed by atoms with Gasteiger partial charge in [0.25, 0.3) is 0 Å². The van der Waals surface area contributed by atoms with E-state index in [1.54, 1.807) is 12.1 Å². The third-order valence-corrected chi connectivity index (χ3v) is 4.27. The SMILES string of the molecule is CC1=CC=C(CNC(=O)c2nc(-c3ccc(O)c(Br)c3)no2)C=CC1. The lowest BCUT2D eigenvalue weighted by atomic mass is 10.2. The lowest BCUT2D eigenvalue weighted by molar-refractivity contribution is 0.0913. The normalized spacial score (nSPS) is 13.8. The monoisotopic (exact) mass is 401 g/mol. The molecule has 25 heavy (non-hydrogen) atoms. The molecule has 128 valence electrons. The van der Waals surface area contributed by atoms with Gasteiger partial charge in [0.1, 0.15) is 5.75 Å². The zero-order valence-corrected chi connectivity index (χ0v) is 15.1. The van der Waals surface area contributed by atoms with E-state index < -0.39 is 5.91 Å². The van der Waals surface area contributed by atoms with Gasteiger partial charge in [-0.1, -0.05) is 35.0 Å². The third-order valence-electron chi connectivity index (χ3n) is 3.63. The summed E-state index contributed by atoms with van der Waals surface area (Å²) < 4.78 is 5.54. The summed E-state index contributed by atoms with van der Waals surface area (Å²) in [4.78, 5) is 16.3. The summed E-state index contributed by atoms with van der Waals surface area (Å²) in [6.07, 6.45) is 8.97. The summed E-state index contributed by atoms with van der Waals surface area (Å²) in [5, 5.41) is 16.1. The number of hydrogen-bond donors (Lipinski definition) is 2. The summed E-state index contributed by atoms with van der Waals surface area (Å²) in [6.45, 7) is 2.44. The second-order valence-electron chi connectivity index (χ2n) is 5.63. The molecule has 1 amide bonds. The number of benzene rings is 1. The van der Waals surface area contributed by atoms with Gasteiger partial charge in [-0.25, -0.2) is 0 Å². The van der Waals surface area contributed by atoms with Crippen LogP contribution in [-0.4, -0.2) is 27.7 Å². The van der Waals surface area contributed by atoms with Crippen LogP contribution in [-0.2, 0) is 0 Å². The first-order chi connectivity index (χ1) is 12.0. The van der Waals surface area contributed by atoms with Gasteiger partial charge in [-0.2, -0.15) is 4.98 Å². The molecule has 0 saturated carbocycles. The maximum Gasteiger partial charge on any atom is 0.316 e. The van der Waals surface area contributed by atoms with Crippen molar-refractivity contribution in [2.45, 2.75) is 13.3 Å². The number of carbonyl (C=O) groups excluding carboxylic acids is 1. The van der Waals surface area contributed by atoms with Gasteiger partial charge in [-0.05, 0) is 53.0 Å². The largest absolute Gasteiger partial charge is 0.507 e. The topological polar surface area (TPSA) is 88.2 Å². The van der Waals surface area contributed by atoms with Crippen LogP contribution >= 0.6 is 15.9 Å². The molecule has 0 aliphatic heterocycles. The summed E-state index contributed by atoms with van der Waals surface area (Å²) >= 11 is 3.23. The molecule has 0 spiro atoms. The Balaban J connectivity index is 1.67. The molecule has 7 heteroatoms. The molecular formula is C18H16BrN3O3. The van der Waals surface area contributed by atoms with Crippen molar-refractivity contribution in [1.82, 2.24) is 15.5 Å². The van der Waals surface area contributed by atoms with Crippen LogP contribution < -0.4 is 5.32 Å². The number of amides is 1. The van der Waals surface area contributed by atoms with Crippen molar-refractivity contribution in [2.75, 3.05) is 6.54 Å². The molecular weight excluding hydrogens is 386 g/mol.